The Kier molecular flexibility index (Phi) is 4.17. The Morgan fingerprint density at radius 2 is 2.13 bits per heavy atom. The summed E-state index contributed by atoms with van der Waals surface area (Å²) in [5, 5.41) is 41.7. The highest BCUT2D eigenvalue weighted by atomic mass is 16.6. The van der Waals surface area contributed by atoms with Crippen LogP contribution in [0.15, 0.2) is 12.7 Å². The fraction of sp³-hybridized carbons (Fsp3) is 0.615. The largest absolute Gasteiger partial charge is 0.395 e. The first kappa shape index (κ1) is 16.0. The monoisotopic (exact) mass is 325 g/mol. The Hall–Kier alpha value is -1.85. The summed E-state index contributed by atoms with van der Waals surface area (Å²) in [5.41, 5.74) is -0.774. The summed E-state index contributed by atoms with van der Waals surface area (Å²) in [6.45, 7) is 1.26. The van der Waals surface area contributed by atoms with Gasteiger partial charge < -0.3 is 30.5 Å². The van der Waals surface area contributed by atoms with Gasteiger partial charge in [-0.05, 0) is 6.92 Å². The second kappa shape index (κ2) is 5.98. The SMILES string of the molecule is CC1(O)C(O)C(CO)OC1n1cnc2c(NCCO)ncnc21. The minimum absolute atomic E-state index is 0.0585. The molecule has 1 fully saturated rings. The van der Waals surface area contributed by atoms with Crippen LogP contribution in [0.25, 0.3) is 11.2 Å². The van der Waals surface area contributed by atoms with E-state index in [2.05, 4.69) is 20.3 Å². The standard InChI is InChI=1S/C13H19N5O5/c1-13(22)9(21)7(4-20)23-12(13)18-6-17-8-10(14-2-3-19)15-5-16-11(8)18/h5-7,9,12,19-22H,2-4H2,1H3,(H,14,15,16). The molecular weight excluding hydrogens is 306 g/mol. The number of hydrogen-bond acceptors (Lipinski definition) is 9. The molecule has 10 nitrogen and oxygen atoms in total. The average Bonchev–Trinajstić information content (AvgIpc) is 3.06. The molecule has 0 radical (unpaired) electrons. The van der Waals surface area contributed by atoms with Gasteiger partial charge in [0, 0.05) is 6.54 Å². The molecule has 3 heterocycles. The lowest BCUT2D eigenvalue weighted by atomic mass is 9.96. The summed E-state index contributed by atoms with van der Waals surface area (Å²) >= 11 is 0. The number of ether oxygens (including phenoxy) is 1. The number of rotatable bonds is 5. The molecule has 0 bridgehead atoms. The summed E-state index contributed by atoms with van der Waals surface area (Å²) in [6, 6.07) is 0. The third kappa shape index (κ3) is 2.54. The highest BCUT2D eigenvalue weighted by Gasteiger charge is 2.53. The van der Waals surface area contributed by atoms with Gasteiger partial charge in [0.25, 0.3) is 0 Å². The maximum atomic E-state index is 10.5. The van der Waals surface area contributed by atoms with Crippen LogP contribution >= 0.6 is 0 Å². The zero-order valence-corrected chi connectivity index (χ0v) is 12.5. The van der Waals surface area contributed by atoms with Crippen LogP contribution in [-0.4, -0.2) is 77.5 Å². The van der Waals surface area contributed by atoms with Gasteiger partial charge in [0.15, 0.2) is 23.2 Å². The summed E-state index contributed by atoms with van der Waals surface area (Å²) in [7, 11) is 0. The summed E-state index contributed by atoms with van der Waals surface area (Å²) in [5.74, 6) is 0.444. The number of aliphatic hydroxyl groups is 4. The Labute approximate surface area is 131 Å². The smallest absolute Gasteiger partial charge is 0.168 e. The Balaban J connectivity index is 2.01. The van der Waals surface area contributed by atoms with Gasteiger partial charge in [0.1, 0.15) is 24.1 Å². The van der Waals surface area contributed by atoms with E-state index in [0.717, 1.165) is 0 Å². The van der Waals surface area contributed by atoms with Gasteiger partial charge in [-0.2, -0.15) is 0 Å². The molecule has 1 aliphatic heterocycles. The first-order valence-corrected chi connectivity index (χ1v) is 7.19. The maximum absolute atomic E-state index is 10.5. The number of nitrogens with one attached hydrogen (secondary N) is 1. The predicted molar refractivity (Wildman–Crippen MR) is 78.5 cm³/mol. The van der Waals surface area contributed by atoms with E-state index >= 15 is 0 Å². The Bertz CT molecular complexity index is 690. The third-order valence-electron chi connectivity index (χ3n) is 3.95. The molecule has 0 saturated carbocycles. The van der Waals surface area contributed by atoms with Crippen molar-refractivity contribution in [3.8, 4) is 0 Å². The first-order chi connectivity index (χ1) is 11.0. The van der Waals surface area contributed by atoms with Crippen LogP contribution in [0.5, 0.6) is 0 Å². The highest BCUT2D eigenvalue weighted by Crippen LogP contribution is 2.39. The normalized spacial score (nSPS) is 30.9. The molecule has 1 aliphatic rings. The van der Waals surface area contributed by atoms with Crippen molar-refractivity contribution >= 4 is 17.0 Å². The predicted octanol–water partition coefficient (Wildman–Crippen LogP) is -1.77. The fourth-order valence-corrected chi connectivity index (χ4v) is 2.72. The molecule has 126 valence electrons. The van der Waals surface area contributed by atoms with Crippen molar-refractivity contribution < 1.29 is 25.2 Å². The van der Waals surface area contributed by atoms with Gasteiger partial charge in [0.05, 0.1) is 19.5 Å². The van der Waals surface area contributed by atoms with Crippen LogP contribution < -0.4 is 5.32 Å². The van der Waals surface area contributed by atoms with Gasteiger partial charge in [-0.25, -0.2) is 15.0 Å². The molecule has 0 aliphatic carbocycles. The molecule has 0 amide bonds. The van der Waals surface area contributed by atoms with Gasteiger partial charge in [-0.3, -0.25) is 4.57 Å². The van der Waals surface area contributed by atoms with Gasteiger partial charge in [0.2, 0.25) is 0 Å². The molecule has 10 heteroatoms. The number of hydrogen-bond donors (Lipinski definition) is 5. The molecule has 2 aromatic rings. The van der Waals surface area contributed by atoms with Crippen LogP contribution in [0, 0.1) is 0 Å². The molecule has 23 heavy (non-hydrogen) atoms. The van der Waals surface area contributed by atoms with Crippen molar-refractivity contribution in [2.45, 2.75) is 31.0 Å². The second-order valence-corrected chi connectivity index (χ2v) is 5.58. The van der Waals surface area contributed by atoms with Crippen molar-refractivity contribution in [3.05, 3.63) is 12.7 Å². The number of imidazole rings is 1. The number of aromatic nitrogens is 4. The zero-order chi connectivity index (χ0) is 16.6. The van der Waals surface area contributed by atoms with E-state index in [0.29, 0.717) is 23.5 Å². The lowest BCUT2D eigenvalue weighted by Crippen LogP contribution is -2.44. The highest BCUT2D eigenvalue weighted by molar-refractivity contribution is 5.82. The zero-order valence-electron chi connectivity index (χ0n) is 12.5. The molecular formula is C13H19N5O5. The molecule has 1 saturated heterocycles. The van der Waals surface area contributed by atoms with E-state index in [4.69, 9.17) is 9.84 Å². The number of aliphatic hydroxyl groups excluding tert-OH is 3. The van der Waals surface area contributed by atoms with Crippen molar-refractivity contribution in [2.75, 3.05) is 25.1 Å². The number of nitrogens with zero attached hydrogens (tertiary/aromatic N) is 4. The van der Waals surface area contributed by atoms with Crippen molar-refractivity contribution in [1.29, 1.82) is 0 Å². The summed E-state index contributed by atoms with van der Waals surface area (Å²) < 4.78 is 7.05. The molecule has 4 unspecified atom stereocenters. The minimum atomic E-state index is -1.62. The maximum Gasteiger partial charge on any atom is 0.168 e. The van der Waals surface area contributed by atoms with E-state index < -0.39 is 30.6 Å². The van der Waals surface area contributed by atoms with Crippen molar-refractivity contribution in [2.24, 2.45) is 0 Å². The van der Waals surface area contributed by atoms with E-state index in [-0.39, 0.29) is 6.61 Å². The molecule has 3 rings (SSSR count). The van der Waals surface area contributed by atoms with Crippen molar-refractivity contribution in [1.82, 2.24) is 19.5 Å². The summed E-state index contributed by atoms with van der Waals surface area (Å²) in [6.07, 6.45) is -0.357. The van der Waals surface area contributed by atoms with E-state index in [1.807, 2.05) is 0 Å². The van der Waals surface area contributed by atoms with Crippen LogP contribution in [0.1, 0.15) is 13.2 Å². The third-order valence-corrected chi connectivity index (χ3v) is 3.95. The van der Waals surface area contributed by atoms with Crippen LogP contribution in [0.4, 0.5) is 5.82 Å². The quantitative estimate of drug-likeness (QED) is 0.431. The van der Waals surface area contributed by atoms with Gasteiger partial charge >= 0.3 is 0 Å². The lowest BCUT2D eigenvalue weighted by molar-refractivity contribution is -0.0950. The fourth-order valence-electron chi connectivity index (χ4n) is 2.72. The Morgan fingerprint density at radius 3 is 2.78 bits per heavy atom. The molecule has 5 N–H and O–H groups in total. The van der Waals surface area contributed by atoms with E-state index in [1.165, 1.54) is 24.1 Å². The topological polar surface area (TPSA) is 146 Å². The Morgan fingerprint density at radius 1 is 1.35 bits per heavy atom. The van der Waals surface area contributed by atoms with Crippen LogP contribution in [0.2, 0.25) is 0 Å². The lowest BCUT2D eigenvalue weighted by Gasteiger charge is -2.27. The van der Waals surface area contributed by atoms with Crippen molar-refractivity contribution in [3.63, 3.8) is 0 Å². The first-order valence-electron chi connectivity index (χ1n) is 7.19. The molecule has 0 spiro atoms. The molecule has 4 atom stereocenters. The average molecular weight is 325 g/mol. The minimum Gasteiger partial charge on any atom is -0.395 e. The van der Waals surface area contributed by atoms with Gasteiger partial charge in [-0.15, -0.1) is 0 Å². The number of anilines is 1. The molecule has 0 aromatic carbocycles. The van der Waals surface area contributed by atoms with Crippen LogP contribution in [-0.2, 0) is 4.74 Å². The van der Waals surface area contributed by atoms with E-state index in [1.54, 1.807) is 0 Å². The second-order valence-electron chi connectivity index (χ2n) is 5.58. The van der Waals surface area contributed by atoms with Gasteiger partial charge in [-0.1, -0.05) is 0 Å². The number of fused-ring (bicyclic) bond motifs is 1. The molecule has 2 aromatic heterocycles. The van der Waals surface area contributed by atoms with E-state index in [9.17, 15) is 15.3 Å². The summed E-state index contributed by atoms with van der Waals surface area (Å²) in [4.78, 5) is 12.4. The van der Waals surface area contributed by atoms with Crippen LogP contribution in [0.3, 0.4) is 0 Å².